The average molecular weight is 154 g/mol. The van der Waals surface area contributed by atoms with Crippen LogP contribution >= 0.6 is 0 Å². The molecule has 1 rings (SSSR count). The van der Waals surface area contributed by atoms with Gasteiger partial charge in [-0.2, -0.15) is 4.98 Å². The molecule has 0 fully saturated rings. The first-order chi connectivity index (χ1) is 5.38. The van der Waals surface area contributed by atoms with Crippen LogP contribution in [0.2, 0.25) is 0 Å². The molecule has 1 aromatic heterocycles. The van der Waals surface area contributed by atoms with E-state index in [4.69, 9.17) is 10.7 Å². The van der Waals surface area contributed by atoms with Crippen molar-refractivity contribution in [1.29, 1.82) is 0 Å². The number of hydrogen-bond donors (Lipinski definition) is 1. The molecule has 11 heavy (non-hydrogen) atoms. The Hall–Kier alpha value is -2.08. The molecule has 0 bridgehead atoms. The predicted molar refractivity (Wildman–Crippen MR) is 31.8 cm³/mol. The van der Waals surface area contributed by atoms with E-state index in [-0.39, 0.29) is 11.7 Å². The summed E-state index contributed by atoms with van der Waals surface area (Å²) in [6, 6.07) is 0. The lowest BCUT2D eigenvalue weighted by atomic mass is 10.6. The summed E-state index contributed by atoms with van der Waals surface area (Å²) in [6.07, 6.45) is 1.02. The lowest BCUT2D eigenvalue weighted by molar-refractivity contribution is 0.318. The molecular weight excluding hydrogens is 152 g/mol. The van der Waals surface area contributed by atoms with E-state index < -0.39 is 0 Å². The fraction of sp³-hybridized carbons (Fsp3) is 0. The van der Waals surface area contributed by atoms with Crippen molar-refractivity contribution in [3.8, 4) is 0 Å². The highest BCUT2D eigenvalue weighted by Gasteiger charge is 2.05. The summed E-state index contributed by atoms with van der Waals surface area (Å²) in [6.45, 7) is 0. The number of azide groups is 1. The Labute approximate surface area is 59.8 Å². The molecule has 0 aliphatic heterocycles. The van der Waals surface area contributed by atoms with E-state index in [1.165, 1.54) is 0 Å². The topological polar surface area (TPSA) is 120 Å². The first-order valence-electron chi connectivity index (χ1n) is 2.42. The van der Waals surface area contributed by atoms with Gasteiger partial charge in [-0.15, -0.1) is 0 Å². The van der Waals surface area contributed by atoms with Crippen molar-refractivity contribution in [2.45, 2.75) is 0 Å². The molecule has 0 saturated carbocycles. The Morgan fingerprint density at radius 2 is 2.64 bits per heavy atom. The lowest BCUT2D eigenvalue weighted by Crippen LogP contribution is -1.97. The number of oxime groups is 1. The largest absolute Gasteiger partial charge is 0.410 e. The summed E-state index contributed by atoms with van der Waals surface area (Å²) in [7, 11) is 0. The van der Waals surface area contributed by atoms with Crippen LogP contribution in [0.5, 0.6) is 0 Å². The third-order valence-corrected chi connectivity index (χ3v) is 0.795. The van der Waals surface area contributed by atoms with Crippen molar-refractivity contribution < 1.29 is 9.73 Å². The number of amidine groups is 1. The van der Waals surface area contributed by atoms with Crippen LogP contribution in [-0.2, 0) is 0 Å². The second kappa shape index (κ2) is 3.18. The van der Waals surface area contributed by atoms with E-state index in [1.54, 1.807) is 0 Å². The number of aromatic nitrogens is 2. The van der Waals surface area contributed by atoms with E-state index >= 15 is 0 Å². The molecular formula is C3H2N6O2. The fourth-order valence-electron chi connectivity index (χ4n) is 0.421. The van der Waals surface area contributed by atoms with Gasteiger partial charge in [-0.1, -0.05) is 10.3 Å². The normalized spacial score (nSPS) is 10.7. The van der Waals surface area contributed by atoms with Crippen LogP contribution in [0.15, 0.2) is 21.2 Å². The molecule has 0 radical (unpaired) electrons. The minimum atomic E-state index is -0.332. The van der Waals surface area contributed by atoms with Gasteiger partial charge in [0.05, 0.1) is 0 Å². The highest BCUT2D eigenvalue weighted by molar-refractivity contribution is 5.95. The van der Waals surface area contributed by atoms with E-state index in [2.05, 4.69) is 29.8 Å². The maximum absolute atomic E-state index is 8.23. The Kier molecular flexibility index (Phi) is 2.03. The molecule has 0 spiro atoms. The summed E-state index contributed by atoms with van der Waals surface area (Å²) < 4.78 is 4.31. The summed E-state index contributed by atoms with van der Waals surface area (Å²) in [4.78, 5) is 5.85. The van der Waals surface area contributed by atoms with E-state index in [0.717, 1.165) is 6.39 Å². The highest BCUT2D eigenvalue weighted by Crippen LogP contribution is 1.93. The standard InChI is InChI=1S/C3H2N6O2/c4-9-6-3(7-10)2-5-1-11-8-2/h1,10H/b7-3+. The van der Waals surface area contributed by atoms with E-state index in [9.17, 15) is 0 Å². The molecule has 0 aliphatic carbocycles. The number of rotatable bonds is 1. The first-order valence-corrected chi connectivity index (χ1v) is 2.42. The third-order valence-electron chi connectivity index (χ3n) is 0.795. The second-order valence-corrected chi connectivity index (χ2v) is 1.37. The van der Waals surface area contributed by atoms with Gasteiger partial charge in [-0.25, -0.2) is 0 Å². The van der Waals surface area contributed by atoms with Gasteiger partial charge in [0.1, 0.15) is 0 Å². The van der Waals surface area contributed by atoms with Gasteiger partial charge in [0.15, 0.2) is 0 Å². The zero-order chi connectivity index (χ0) is 8.10. The summed E-state index contributed by atoms with van der Waals surface area (Å²) in [5.74, 6) is -0.397. The molecule has 8 nitrogen and oxygen atoms in total. The summed E-state index contributed by atoms with van der Waals surface area (Å²) >= 11 is 0. The zero-order valence-corrected chi connectivity index (χ0v) is 5.12. The molecule has 0 aliphatic rings. The van der Waals surface area contributed by atoms with Gasteiger partial charge >= 0.3 is 0 Å². The van der Waals surface area contributed by atoms with Crippen molar-refractivity contribution in [3.63, 3.8) is 0 Å². The molecule has 0 amide bonds. The molecule has 0 atom stereocenters. The van der Waals surface area contributed by atoms with Crippen LogP contribution in [0.4, 0.5) is 0 Å². The number of nitrogens with zero attached hydrogens (tertiary/aromatic N) is 6. The van der Waals surface area contributed by atoms with E-state index in [0.29, 0.717) is 0 Å². The quantitative estimate of drug-likeness (QED) is 0.120. The molecule has 56 valence electrons. The van der Waals surface area contributed by atoms with Crippen molar-refractivity contribution in [2.75, 3.05) is 0 Å². The molecule has 1 N–H and O–H groups in total. The zero-order valence-electron chi connectivity index (χ0n) is 5.12. The smallest absolute Gasteiger partial charge is 0.226 e. The van der Waals surface area contributed by atoms with Crippen molar-refractivity contribution >= 4 is 5.84 Å². The van der Waals surface area contributed by atoms with Crippen LogP contribution in [0.1, 0.15) is 5.82 Å². The first kappa shape index (κ1) is 7.03. The Morgan fingerprint density at radius 1 is 1.82 bits per heavy atom. The summed E-state index contributed by atoms with van der Waals surface area (Å²) in [5.41, 5.74) is 7.95. The third kappa shape index (κ3) is 1.43. The highest BCUT2D eigenvalue weighted by atomic mass is 16.5. The van der Waals surface area contributed by atoms with Crippen molar-refractivity contribution in [3.05, 3.63) is 22.7 Å². The molecule has 1 aromatic rings. The monoisotopic (exact) mass is 154 g/mol. The molecule has 8 heteroatoms. The molecule has 0 saturated heterocycles. The Balaban J connectivity index is 2.98. The molecule has 1 heterocycles. The SMILES string of the molecule is [N-]=[N+]=N/C(=N/O)c1ncon1. The second-order valence-electron chi connectivity index (χ2n) is 1.37. The summed E-state index contributed by atoms with van der Waals surface area (Å²) in [5, 5.41) is 17.1. The minimum Gasteiger partial charge on any atom is -0.410 e. The average Bonchev–Trinajstić information content (AvgIpc) is 2.52. The van der Waals surface area contributed by atoms with Gasteiger partial charge in [-0.3, -0.25) is 0 Å². The van der Waals surface area contributed by atoms with Gasteiger partial charge in [0, 0.05) is 4.91 Å². The van der Waals surface area contributed by atoms with Crippen molar-refractivity contribution in [1.82, 2.24) is 10.1 Å². The van der Waals surface area contributed by atoms with Gasteiger partial charge in [0.2, 0.25) is 18.1 Å². The Morgan fingerprint density at radius 3 is 3.09 bits per heavy atom. The maximum Gasteiger partial charge on any atom is 0.226 e. The van der Waals surface area contributed by atoms with Crippen molar-refractivity contribution in [2.24, 2.45) is 10.3 Å². The maximum atomic E-state index is 8.23. The molecule has 0 aromatic carbocycles. The van der Waals surface area contributed by atoms with Crippen LogP contribution in [0, 0.1) is 0 Å². The van der Waals surface area contributed by atoms with Crippen LogP contribution < -0.4 is 0 Å². The van der Waals surface area contributed by atoms with Gasteiger partial charge < -0.3 is 9.73 Å². The van der Waals surface area contributed by atoms with Crippen LogP contribution in [-0.4, -0.2) is 21.2 Å². The van der Waals surface area contributed by atoms with Crippen LogP contribution in [0.3, 0.4) is 0 Å². The van der Waals surface area contributed by atoms with Gasteiger partial charge in [0.25, 0.3) is 0 Å². The fourth-order valence-corrected chi connectivity index (χ4v) is 0.421. The van der Waals surface area contributed by atoms with Gasteiger partial charge in [-0.05, 0) is 10.6 Å². The van der Waals surface area contributed by atoms with Crippen LogP contribution in [0.25, 0.3) is 10.4 Å². The minimum absolute atomic E-state index is 0.0645. The Bertz CT molecular complexity index is 296. The lowest BCUT2D eigenvalue weighted by Gasteiger charge is -1.83. The predicted octanol–water partition coefficient (Wildman–Crippen LogP) is 0.516. The molecule has 0 unspecified atom stereocenters. The van der Waals surface area contributed by atoms with E-state index in [1.807, 2.05) is 0 Å². The number of hydrogen-bond acceptors (Lipinski definition) is 5.